The van der Waals surface area contributed by atoms with Crippen LogP contribution in [0, 0.1) is 5.92 Å². The lowest BCUT2D eigenvalue weighted by Crippen LogP contribution is -2.40. The highest BCUT2D eigenvalue weighted by Crippen LogP contribution is 2.16. The quantitative estimate of drug-likeness (QED) is 0.833. The van der Waals surface area contributed by atoms with E-state index in [0.717, 1.165) is 29.9 Å². The summed E-state index contributed by atoms with van der Waals surface area (Å²) in [6, 6.07) is 1.95. The SMILES string of the molecule is CCCc1ncncc1C(=O)NCc1cc2n(n1)CCN(C(=O)C(C)C)C2. The molecule has 0 saturated carbocycles. The summed E-state index contributed by atoms with van der Waals surface area (Å²) in [7, 11) is 0. The molecule has 8 heteroatoms. The summed E-state index contributed by atoms with van der Waals surface area (Å²) in [5.41, 5.74) is 3.05. The number of carbonyl (C=O) groups excluding carboxylic acids is 2. The van der Waals surface area contributed by atoms with Crippen molar-refractivity contribution in [2.45, 2.75) is 53.2 Å². The zero-order valence-electron chi connectivity index (χ0n) is 16.1. The summed E-state index contributed by atoms with van der Waals surface area (Å²) in [4.78, 5) is 34.7. The number of amides is 2. The van der Waals surface area contributed by atoms with Gasteiger partial charge in [-0.25, -0.2) is 9.97 Å². The molecule has 0 fully saturated rings. The molecule has 2 aromatic rings. The van der Waals surface area contributed by atoms with Crippen molar-refractivity contribution in [2.24, 2.45) is 5.92 Å². The van der Waals surface area contributed by atoms with Gasteiger partial charge in [0, 0.05) is 18.7 Å². The monoisotopic (exact) mass is 370 g/mol. The van der Waals surface area contributed by atoms with E-state index in [4.69, 9.17) is 0 Å². The molecule has 0 radical (unpaired) electrons. The second-order valence-corrected chi connectivity index (χ2v) is 7.08. The molecule has 0 atom stereocenters. The van der Waals surface area contributed by atoms with Crippen molar-refractivity contribution < 1.29 is 9.59 Å². The lowest BCUT2D eigenvalue weighted by atomic mass is 10.1. The van der Waals surface area contributed by atoms with Gasteiger partial charge in [0.15, 0.2) is 0 Å². The van der Waals surface area contributed by atoms with Crippen LogP contribution in [0.1, 0.15) is 54.6 Å². The number of rotatable bonds is 6. The molecule has 0 aromatic carbocycles. The van der Waals surface area contributed by atoms with E-state index < -0.39 is 0 Å². The van der Waals surface area contributed by atoms with Crippen LogP contribution in [0.3, 0.4) is 0 Å². The van der Waals surface area contributed by atoms with Gasteiger partial charge >= 0.3 is 0 Å². The number of nitrogens with one attached hydrogen (secondary N) is 1. The van der Waals surface area contributed by atoms with E-state index in [9.17, 15) is 9.59 Å². The summed E-state index contributed by atoms with van der Waals surface area (Å²) in [5, 5.41) is 7.45. The average Bonchev–Trinajstić information content (AvgIpc) is 3.08. The molecule has 0 unspecified atom stereocenters. The fraction of sp³-hybridized carbons (Fsp3) is 0.526. The van der Waals surface area contributed by atoms with Gasteiger partial charge in [0.2, 0.25) is 5.91 Å². The number of aryl methyl sites for hydroxylation is 1. The smallest absolute Gasteiger partial charge is 0.255 e. The minimum Gasteiger partial charge on any atom is -0.346 e. The molecule has 1 aliphatic heterocycles. The van der Waals surface area contributed by atoms with Gasteiger partial charge in [0.25, 0.3) is 5.91 Å². The predicted octanol–water partition coefficient (Wildman–Crippen LogP) is 1.55. The van der Waals surface area contributed by atoms with Gasteiger partial charge in [-0.3, -0.25) is 14.3 Å². The highest BCUT2D eigenvalue weighted by molar-refractivity contribution is 5.94. The third-order valence-electron chi connectivity index (χ3n) is 4.61. The Morgan fingerprint density at radius 1 is 1.30 bits per heavy atom. The number of hydrogen-bond donors (Lipinski definition) is 1. The molecule has 2 aromatic heterocycles. The standard InChI is InChI=1S/C19H26N6O2/c1-4-5-17-16(10-20-12-22-17)18(26)21-9-14-8-15-11-24(19(27)13(2)3)6-7-25(15)23-14/h8,10,12-13H,4-7,9,11H2,1-3H3,(H,21,26). The van der Waals surface area contributed by atoms with Gasteiger partial charge in [-0.1, -0.05) is 27.2 Å². The molecule has 144 valence electrons. The fourth-order valence-corrected chi connectivity index (χ4v) is 3.21. The summed E-state index contributed by atoms with van der Waals surface area (Å²) < 4.78 is 1.92. The van der Waals surface area contributed by atoms with Crippen LogP contribution in [0.5, 0.6) is 0 Å². The molecule has 8 nitrogen and oxygen atoms in total. The lowest BCUT2D eigenvalue weighted by Gasteiger charge is -2.29. The Balaban J connectivity index is 1.64. The zero-order chi connectivity index (χ0) is 19.4. The van der Waals surface area contributed by atoms with E-state index in [2.05, 4.69) is 20.4 Å². The third-order valence-corrected chi connectivity index (χ3v) is 4.61. The highest BCUT2D eigenvalue weighted by Gasteiger charge is 2.24. The molecule has 0 aliphatic carbocycles. The van der Waals surface area contributed by atoms with Gasteiger partial charge in [-0.05, 0) is 12.5 Å². The normalized spacial score (nSPS) is 13.6. The molecular weight excluding hydrogens is 344 g/mol. The second-order valence-electron chi connectivity index (χ2n) is 7.08. The van der Waals surface area contributed by atoms with Crippen LogP contribution in [0.4, 0.5) is 0 Å². The Bertz CT molecular complexity index is 829. The highest BCUT2D eigenvalue weighted by atomic mass is 16.2. The Morgan fingerprint density at radius 3 is 2.85 bits per heavy atom. The average molecular weight is 370 g/mol. The van der Waals surface area contributed by atoms with E-state index in [1.165, 1.54) is 6.33 Å². The molecule has 1 N–H and O–H groups in total. The van der Waals surface area contributed by atoms with Gasteiger partial charge in [0.05, 0.1) is 42.3 Å². The maximum atomic E-state index is 12.5. The minimum atomic E-state index is -0.193. The van der Waals surface area contributed by atoms with Crippen molar-refractivity contribution >= 4 is 11.8 Å². The first-order chi connectivity index (χ1) is 13.0. The van der Waals surface area contributed by atoms with Gasteiger partial charge in [-0.15, -0.1) is 0 Å². The summed E-state index contributed by atoms with van der Waals surface area (Å²) in [6.07, 6.45) is 4.68. The van der Waals surface area contributed by atoms with Crippen molar-refractivity contribution in [1.82, 2.24) is 30.0 Å². The zero-order valence-corrected chi connectivity index (χ0v) is 16.1. The predicted molar refractivity (Wildman–Crippen MR) is 99.7 cm³/mol. The van der Waals surface area contributed by atoms with Crippen LogP contribution in [0.15, 0.2) is 18.6 Å². The van der Waals surface area contributed by atoms with Crippen molar-refractivity contribution in [3.63, 3.8) is 0 Å². The van der Waals surface area contributed by atoms with Crippen molar-refractivity contribution in [1.29, 1.82) is 0 Å². The first kappa shape index (κ1) is 19.0. The van der Waals surface area contributed by atoms with Crippen LogP contribution in [0.2, 0.25) is 0 Å². The summed E-state index contributed by atoms with van der Waals surface area (Å²) in [6.45, 7) is 8.11. The van der Waals surface area contributed by atoms with E-state index in [1.54, 1.807) is 6.20 Å². The number of hydrogen-bond acceptors (Lipinski definition) is 5. The number of nitrogens with zero attached hydrogens (tertiary/aromatic N) is 5. The molecule has 0 saturated heterocycles. The molecular formula is C19H26N6O2. The Morgan fingerprint density at radius 2 is 2.11 bits per heavy atom. The van der Waals surface area contributed by atoms with Gasteiger partial charge < -0.3 is 10.2 Å². The fourth-order valence-electron chi connectivity index (χ4n) is 3.21. The van der Waals surface area contributed by atoms with E-state index in [0.29, 0.717) is 31.7 Å². The van der Waals surface area contributed by atoms with Crippen LogP contribution >= 0.6 is 0 Å². The van der Waals surface area contributed by atoms with Crippen LogP contribution in [-0.2, 0) is 30.8 Å². The molecule has 3 rings (SSSR count). The molecule has 2 amide bonds. The molecule has 1 aliphatic rings. The van der Waals surface area contributed by atoms with Crippen LogP contribution in [0.25, 0.3) is 0 Å². The molecule has 0 bridgehead atoms. The molecule has 27 heavy (non-hydrogen) atoms. The summed E-state index contributed by atoms with van der Waals surface area (Å²) >= 11 is 0. The van der Waals surface area contributed by atoms with Gasteiger partial charge in [-0.2, -0.15) is 5.10 Å². The summed E-state index contributed by atoms with van der Waals surface area (Å²) in [5.74, 6) is -0.0462. The number of fused-ring (bicyclic) bond motifs is 1. The van der Waals surface area contributed by atoms with Crippen molar-refractivity contribution in [2.75, 3.05) is 6.54 Å². The Kier molecular flexibility index (Phi) is 5.83. The number of carbonyl (C=O) groups is 2. The van der Waals surface area contributed by atoms with E-state index >= 15 is 0 Å². The minimum absolute atomic E-state index is 0.0105. The van der Waals surface area contributed by atoms with Crippen LogP contribution in [-0.4, -0.2) is 43.0 Å². The first-order valence-corrected chi connectivity index (χ1v) is 9.41. The largest absolute Gasteiger partial charge is 0.346 e. The van der Waals surface area contributed by atoms with Crippen molar-refractivity contribution in [3.05, 3.63) is 41.2 Å². The van der Waals surface area contributed by atoms with E-state index in [1.807, 2.05) is 36.4 Å². The Hall–Kier alpha value is -2.77. The van der Waals surface area contributed by atoms with Crippen LogP contribution < -0.4 is 5.32 Å². The maximum Gasteiger partial charge on any atom is 0.255 e. The second kappa shape index (κ2) is 8.28. The topological polar surface area (TPSA) is 93.0 Å². The first-order valence-electron chi connectivity index (χ1n) is 9.41. The van der Waals surface area contributed by atoms with Gasteiger partial charge in [0.1, 0.15) is 6.33 Å². The Labute approximate surface area is 159 Å². The maximum absolute atomic E-state index is 12.5. The molecule has 0 spiro atoms. The van der Waals surface area contributed by atoms with Crippen molar-refractivity contribution in [3.8, 4) is 0 Å². The molecule has 3 heterocycles. The number of aromatic nitrogens is 4. The van der Waals surface area contributed by atoms with E-state index in [-0.39, 0.29) is 17.7 Å². The lowest BCUT2D eigenvalue weighted by molar-refractivity contribution is -0.136. The third kappa shape index (κ3) is 4.32.